The zero-order valence-corrected chi connectivity index (χ0v) is 12.1. The summed E-state index contributed by atoms with van der Waals surface area (Å²) in [6, 6.07) is 13.7. The van der Waals surface area contributed by atoms with Crippen molar-refractivity contribution in [3.05, 3.63) is 59.9 Å². The standard InChI is InChI=1S/C17H17N3O/c1-12-14(11-18-2)8-9-16(20-12)21-15-7-3-5-13-6-4-10-19-17(13)15/h3-10,18H,11H2,1-2H3. The smallest absolute Gasteiger partial charge is 0.219 e. The van der Waals surface area contributed by atoms with Crippen molar-refractivity contribution in [2.24, 2.45) is 0 Å². The summed E-state index contributed by atoms with van der Waals surface area (Å²) in [5.74, 6) is 1.31. The van der Waals surface area contributed by atoms with Gasteiger partial charge in [-0.05, 0) is 31.7 Å². The van der Waals surface area contributed by atoms with E-state index < -0.39 is 0 Å². The Labute approximate surface area is 123 Å². The molecule has 0 spiro atoms. The molecule has 3 aromatic rings. The second kappa shape index (κ2) is 5.89. The van der Waals surface area contributed by atoms with Crippen molar-refractivity contribution in [2.45, 2.75) is 13.5 Å². The van der Waals surface area contributed by atoms with E-state index in [0.29, 0.717) is 5.88 Å². The van der Waals surface area contributed by atoms with E-state index >= 15 is 0 Å². The van der Waals surface area contributed by atoms with Crippen LogP contribution in [0.15, 0.2) is 48.7 Å². The van der Waals surface area contributed by atoms with E-state index in [2.05, 4.69) is 15.3 Å². The number of rotatable bonds is 4. The molecule has 0 radical (unpaired) electrons. The molecule has 2 aromatic heterocycles. The molecule has 0 fully saturated rings. The number of ether oxygens (including phenoxy) is 1. The van der Waals surface area contributed by atoms with E-state index in [1.807, 2.05) is 56.4 Å². The van der Waals surface area contributed by atoms with Gasteiger partial charge in [0.25, 0.3) is 0 Å². The van der Waals surface area contributed by atoms with Crippen LogP contribution in [0.3, 0.4) is 0 Å². The van der Waals surface area contributed by atoms with Crippen LogP contribution >= 0.6 is 0 Å². The van der Waals surface area contributed by atoms with E-state index in [1.165, 1.54) is 5.56 Å². The molecule has 4 nitrogen and oxygen atoms in total. The Morgan fingerprint density at radius 2 is 1.95 bits per heavy atom. The molecule has 0 saturated heterocycles. The average Bonchev–Trinajstić information content (AvgIpc) is 2.51. The molecule has 0 bridgehead atoms. The molecule has 1 N–H and O–H groups in total. The van der Waals surface area contributed by atoms with Crippen LogP contribution in [0.25, 0.3) is 10.9 Å². The summed E-state index contributed by atoms with van der Waals surface area (Å²) >= 11 is 0. The summed E-state index contributed by atoms with van der Waals surface area (Å²) in [5, 5.41) is 4.18. The monoisotopic (exact) mass is 279 g/mol. The molecule has 0 saturated carbocycles. The van der Waals surface area contributed by atoms with Gasteiger partial charge in [0.15, 0.2) is 5.75 Å². The van der Waals surface area contributed by atoms with Crippen molar-refractivity contribution >= 4 is 10.9 Å². The predicted molar refractivity (Wildman–Crippen MR) is 83.6 cm³/mol. The van der Waals surface area contributed by atoms with Crippen LogP contribution < -0.4 is 10.1 Å². The third-order valence-electron chi connectivity index (χ3n) is 3.35. The summed E-state index contributed by atoms with van der Waals surface area (Å²) in [4.78, 5) is 8.89. The van der Waals surface area contributed by atoms with Gasteiger partial charge in [-0.2, -0.15) is 0 Å². The molecule has 0 aliphatic rings. The number of aromatic nitrogens is 2. The number of hydrogen-bond donors (Lipinski definition) is 1. The average molecular weight is 279 g/mol. The van der Waals surface area contributed by atoms with Gasteiger partial charge in [0.2, 0.25) is 5.88 Å². The zero-order chi connectivity index (χ0) is 14.7. The first kappa shape index (κ1) is 13.5. The van der Waals surface area contributed by atoms with Crippen molar-refractivity contribution in [3.63, 3.8) is 0 Å². The van der Waals surface area contributed by atoms with Crippen molar-refractivity contribution in [2.75, 3.05) is 7.05 Å². The first-order chi connectivity index (χ1) is 10.3. The van der Waals surface area contributed by atoms with E-state index in [-0.39, 0.29) is 0 Å². The van der Waals surface area contributed by atoms with E-state index in [1.54, 1.807) is 6.20 Å². The van der Waals surface area contributed by atoms with Crippen LogP contribution in [0.5, 0.6) is 11.6 Å². The number of fused-ring (bicyclic) bond motifs is 1. The highest BCUT2D eigenvalue weighted by atomic mass is 16.5. The van der Waals surface area contributed by atoms with Gasteiger partial charge in [-0.15, -0.1) is 0 Å². The molecule has 0 amide bonds. The van der Waals surface area contributed by atoms with Crippen LogP contribution in [-0.4, -0.2) is 17.0 Å². The molecule has 1 aromatic carbocycles. The number of benzene rings is 1. The molecular formula is C17H17N3O. The van der Waals surface area contributed by atoms with Crippen molar-refractivity contribution in [1.82, 2.24) is 15.3 Å². The molecule has 106 valence electrons. The van der Waals surface area contributed by atoms with Crippen molar-refractivity contribution in [1.29, 1.82) is 0 Å². The molecule has 2 heterocycles. The minimum atomic E-state index is 0.588. The topological polar surface area (TPSA) is 47.0 Å². The predicted octanol–water partition coefficient (Wildman–Crippen LogP) is 3.45. The second-order valence-corrected chi connectivity index (χ2v) is 4.86. The van der Waals surface area contributed by atoms with Gasteiger partial charge >= 0.3 is 0 Å². The lowest BCUT2D eigenvalue weighted by atomic mass is 10.2. The largest absolute Gasteiger partial charge is 0.437 e. The van der Waals surface area contributed by atoms with Gasteiger partial charge in [0.05, 0.1) is 0 Å². The molecule has 4 heteroatoms. The fourth-order valence-corrected chi connectivity index (χ4v) is 2.27. The van der Waals surface area contributed by atoms with Gasteiger partial charge in [-0.1, -0.05) is 24.3 Å². The minimum Gasteiger partial charge on any atom is -0.437 e. The Balaban J connectivity index is 1.93. The highest BCUT2D eigenvalue weighted by Crippen LogP contribution is 2.27. The molecule has 0 aliphatic carbocycles. The number of nitrogens with zero attached hydrogens (tertiary/aromatic N) is 2. The normalized spacial score (nSPS) is 10.8. The Bertz CT molecular complexity index is 766. The Hall–Kier alpha value is -2.46. The molecule has 21 heavy (non-hydrogen) atoms. The van der Waals surface area contributed by atoms with Crippen LogP contribution in [-0.2, 0) is 6.54 Å². The summed E-state index contributed by atoms with van der Waals surface area (Å²) in [7, 11) is 1.92. The fraction of sp³-hybridized carbons (Fsp3) is 0.176. The number of aryl methyl sites for hydroxylation is 1. The fourth-order valence-electron chi connectivity index (χ4n) is 2.27. The lowest BCUT2D eigenvalue weighted by molar-refractivity contribution is 0.465. The lowest BCUT2D eigenvalue weighted by Crippen LogP contribution is -2.07. The third kappa shape index (κ3) is 2.85. The van der Waals surface area contributed by atoms with Gasteiger partial charge < -0.3 is 10.1 Å². The molecular weight excluding hydrogens is 262 g/mol. The summed E-state index contributed by atoms with van der Waals surface area (Å²) in [5.41, 5.74) is 2.98. The number of pyridine rings is 2. The van der Waals surface area contributed by atoms with Crippen LogP contribution in [0.2, 0.25) is 0 Å². The highest BCUT2D eigenvalue weighted by Gasteiger charge is 2.07. The maximum atomic E-state index is 5.91. The van der Waals surface area contributed by atoms with Gasteiger partial charge in [0.1, 0.15) is 5.52 Å². The van der Waals surface area contributed by atoms with Gasteiger partial charge in [-0.3, -0.25) is 4.98 Å². The lowest BCUT2D eigenvalue weighted by Gasteiger charge is -2.10. The summed E-state index contributed by atoms with van der Waals surface area (Å²) in [6.07, 6.45) is 1.77. The number of hydrogen-bond acceptors (Lipinski definition) is 4. The molecule has 0 aliphatic heterocycles. The third-order valence-corrected chi connectivity index (χ3v) is 3.35. The highest BCUT2D eigenvalue weighted by molar-refractivity contribution is 5.84. The number of nitrogens with one attached hydrogen (secondary N) is 1. The summed E-state index contributed by atoms with van der Waals surface area (Å²) in [6.45, 7) is 2.79. The first-order valence-electron chi connectivity index (χ1n) is 6.90. The Morgan fingerprint density at radius 3 is 2.76 bits per heavy atom. The summed E-state index contributed by atoms with van der Waals surface area (Å²) < 4.78 is 5.91. The van der Waals surface area contributed by atoms with Gasteiger partial charge in [0, 0.05) is 29.9 Å². The minimum absolute atomic E-state index is 0.588. The maximum absolute atomic E-state index is 5.91. The molecule has 3 rings (SSSR count). The van der Waals surface area contributed by atoms with Crippen LogP contribution in [0, 0.1) is 6.92 Å². The Morgan fingerprint density at radius 1 is 1.10 bits per heavy atom. The van der Waals surface area contributed by atoms with Crippen molar-refractivity contribution in [3.8, 4) is 11.6 Å². The van der Waals surface area contributed by atoms with E-state index in [0.717, 1.165) is 28.9 Å². The van der Waals surface area contributed by atoms with Crippen molar-refractivity contribution < 1.29 is 4.74 Å². The number of para-hydroxylation sites is 1. The second-order valence-electron chi connectivity index (χ2n) is 4.86. The van der Waals surface area contributed by atoms with Gasteiger partial charge in [-0.25, -0.2) is 4.98 Å². The maximum Gasteiger partial charge on any atom is 0.219 e. The molecule has 0 unspecified atom stereocenters. The van der Waals surface area contributed by atoms with Crippen LogP contribution in [0.1, 0.15) is 11.3 Å². The van der Waals surface area contributed by atoms with Crippen LogP contribution in [0.4, 0.5) is 0 Å². The molecule has 0 atom stereocenters. The zero-order valence-electron chi connectivity index (χ0n) is 12.1. The first-order valence-corrected chi connectivity index (χ1v) is 6.90. The van der Waals surface area contributed by atoms with E-state index in [4.69, 9.17) is 4.74 Å². The quantitative estimate of drug-likeness (QED) is 0.794. The Kier molecular flexibility index (Phi) is 3.79. The SMILES string of the molecule is CNCc1ccc(Oc2cccc3cccnc23)nc1C. The van der Waals surface area contributed by atoms with E-state index in [9.17, 15) is 0 Å².